The second kappa shape index (κ2) is 6.69. The number of benzene rings is 2. The molecule has 3 rings (SSSR count). The lowest BCUT2D eigenvalue weighted by Crippen LogP contribution is -2.18. The van der Waals surface area contributed by atoms with E-state index in [-0.39, 0.29) is 17.3 Å². The van der Waals surface area contributed by atoms with Crippen LogP contribution in [0.1, 0.15) is 42.3 Å². The van der Waals surface area contributed by atoms with Gasteiger partial charge in [0.15, 0.2) is 5.78 Å². The molecular formula is C20H21BrO3. The summed E-state index contributed by atoms with van der Waals surface area (Å²) in [4.78, 5) is 13.2. The SMILES string of the molecule is CC(C)(C)c1ccccc1C(=O)c1ccc(Br)cc1OCC1CO1. The normalized spacial score (nSPS) is 16.8. The predicted octanol–water partition coefficient (Wildman–Crippen LogP) is 4.76. The minimum Gasteiger partial charge on any atom is -0.490 e. The maximum Gasteiger partial charge on any atom is 0.197 e. The van der Waals surface area contributed by atoms with Crippen molar-refractivity contribution in [1.29, 1.82) is 0 Å². The van der Waals surface area contributed by atoms with E-state index in [4.69, 9.17) is 9.47 Å². The molecule has 0 aliphatic carbocycles. The van der Waals surface area contributed by atoms with Crippen molar-refractivity contribution in [2.24, 2.45) is 0 Å². The molecule has 0 bridgehead atoms. The summed E-state index contributed by atoms with van der Waals surface area (Å²) in [6, 6.07) is 13.3. The highest BCUT2D eigenvalue weighted by Gasteiger charge is 2.26. The third kappa shape index (κ3) is 3.87. The lowest BCUT2D eigenvalue weighted by molar-refractivity contribution is 0.103. The van der Waals surface area contributed by atoms with E-state index in [0.717, 1.165) is 22.2 Å². The van der Waals surface area contributed by atoms with Crippen molar-refractivity contribution in [2.45, 2.75) is 32.3 Å². The summed E-state index contributed by atoms with van der Waals surface area (Å²) in [5, 5.41) is 0. The fourth-order valence-electron chi connectivity index (χ4n) is 2.63. The van der Waals surface area contributed by atoms with E-state index in [2.05, 4.69) is 36.7 Å². The van der Waals surface area contributed by atoms with Gasteiger partial charge in [0.2, 0.25) is 0 Å². The van der Waals surface area contributed by atoms with E-state index < -0.39 is 0 Å². The third-order valence-electron chi connectivity index (χ3n) is 4.00. The standard InChI is InChI=1S/C20H21BrO3/c1-20(2,3)17-7-5-4-6-15(17)19(22)16-9-8-13(21)10-18(16)24-12-14-11-23-14/h4-10,14H,11-12H2,1-3H3. The summed E-state index contributed by atoms with van der Waals surface area (Å²) < 4.78 is 11.9. The first kappa shape index (κ1) is 17.2. The smallest absolute Gasteiger partial charge is 0.197 e. The topological polar surface area (TPSA) is 38.8 Å². The number of ketones is 1. The van der Waals surface area contributed by atoms with Gasteiger partial charge in [0.1, 0.15) is 18.5 Å². The molecule has 0 saturated carbocycles. The van der Waals surface area contributed by atoms with Gasteiger partial charge in [-0.25, -0.2) is 0 Å². The largest absolute Gasteiger partial charge is 0.490 e. The monoisotopic (exact) mass is 388 g/mol. The molecule has 1 unspecified atom stereocenters. The Morgan fingerprint density at radius 1 is 1.21 bits per heavy atom. The molecule has 2 aromatic rings. The number of carbonyl (C=O) groups excluding carboxylic acids is 1. The van der Waals surface area contributed by atoms with Gasteiger partial charge in [-0.2, -0.15) is 0 Å². The van der Waals surface area contributed by atoms with Crippen LogP contribution in [-0.2, 0) is 10.2 Å². The Morgan fingerprint density at radius 2 is 1.92 bits per heavy atom. The zero-order valence-corrected chi connectivity index (χ0v) is 15.7. The van der Waals surface area contributed by atoms with Crippen molar-refractivity contribution in [2.75, 3.05) is 13.2 Å². The van der Waals surface area contributed by atoms with Crippen LogP contribution >= 0.6 is 15.9 Å². The highest BCUT2D eigenvalue weighted by atomic mass is 79.9. The van der Waals surface area contributed by atoms with Gasteiger partial charge in [-0.15, -0.1) is 0 Å². The Balaban J connectivity index is 1.98. The van der Waals surface area contributed by atoms with Gasteiger partial charge >= 0.3 is 0 Å². The maximum atomic E-state index is 13.2. The van der Waals surface area contributed by atoms with Crippen LogP contribution in [0.15, 0.2) is 46.9 Å². The Kier molecular flexibility index (Phi) is 4.79. The number of halogens is 1. The highest BCUT2D eigenvalue weighted by molar-refractivity contribution is 9.10. The van der Waals surface area contributed by atoms with Gasteiger partial charge in [0.05, 0.1) is 12.2 Å². The highest BCUT2D eigenvalue weighted by Crippen LogP contribution is 2.31. The molecule has 1 aliphatic rings. The first-order valence-corrected chi connectivity index (χ1v) is 8.84. The first-order chi connectivity index (χ1) is 11.4. The van der Waals surface area contributed by atoms with Crippen LogP contribution in [0.2, 0.25) is 0 Å². The van der Waals surface area contributed by atoms with Crippen molar-refractivity contribution < 1.29 is 14.3 Å². The molecule has 3 nitrogen and oxygen atoms in total. The Bertz CT molecular complexity index is 758. The van der Waals surface area contributed by atoms with E-state index in [1.54, 1.807) is 0 Å². The molecule has 0 radical (unpaired) electrons. The summed E-state index contributed by atoms with van der Waals surface area (Å²) in [5.74, 6) is 0.577. The fourth-order valence-corrected chi connectivity index (χ4v) is 2.97. The Hall–Kier alpha value is -1.65. The number of ether oxygens (including phenoxy) is 2. The van der Waals surface area contributed by atoms with Gasteiger partial charge in [-0.1, -0.05) is 61.0 Å². The van der Waals surface area contributed by atoms with E-state index >= 15 is 0 Å². The van der Waals surface area contributed by atoms with Crippen LogP contribution in [0.4, 0.5) is 0 Å². The van der Waals surface area contributed by atoms with E-state index in [0.29, 0.717) is 17.9 Å². The van der Waals surface area contributed by atoms with E-state index in [1.165, 1.54) is 0 Å². The van der Waals surface area contributed by atoms with Crippen molar-refractivity contribution in [3.8, 4) is 5.75 Å². The molecule has 24 heavy (non-hydrogen) atoms. The molecule has 1 fully saturated rings. The molecule has 1 aliphatic heterocycles. The molecule has 2 aromatic carbocycles. The summed E-state index contributed by atoms with van der Waals surface area (Å²) in [6.07, 6.45) is 0.147. The maximum absolute atomic E-state index is 13.2. The fraction of sp³-hybridized carbons (Fsp3) is 0.350. The molecule has 0 aromatic heterocycles. The molecule has 0 amide bonds. The van der Waals surface area contributed by atoms with Crippen molar-refractivity contribution in [1.82, 2.24) is 0 Å². The summed E-state index contributed by atoms with van der Waals surface area (Å²) in [6.45, 7) is 7.54. The average Bonchev–Trinajstić information content (AvgIpc) is 3.36. The molecule has 1 saturated heterocycles. The molecule has 0 spiro atoms. The van der Waals surface area contributed by atoms with Crippen molar-refractivity contribution in [3.63, 3.8) is 0 Å². The van der Waals surface area contributed by atoms with Crippen LogP contribution in [0.25, 0.3) is 0 Å². The molecule has 126 valence electrons. The van der Waals surface area contributed by atoms with E-state index in [9.17, 15) is 4.79 Å². The number of hydrogen-bond acceptors (Lipinski definition) is 3. The summed E-state index contributed by atoms with van der Waals surface area (Å²) in [7, 11) is 0. The van der Waals surface area contributed by atoms with Gasteiger partial charge in [-0.05, 0) is 29.2 Å². The number of epoxide rings is 1. The van der Waals surface area contributed by atoms with Crippen molar-refractivity contribution >= 4 is 21.7 Å². The molecular weight excluding hydrogens is 368 g/mol. The minimum absolute atomic E-state index is 0.0141. The van der Waals surface area contributed by atoms with Crippen LogP contribution < -0.4 is 4.74 Å². The molecule has 1 heterocycles. The minimum atomic E-state index is -0.107. The Morgan fingerprint density at radius 3 is 2.58 bits per heavy atom. The second-order valence-electron chi connectivity index (χ2n) is 7.03. The van der Waals surface area contributed by atoms with Crippen molar-refractivity contribution in [3.05, 3.63) is 63.6 Å². The zero-order chi connectivity index (χ0) is 17.3. The number of hydrogen-bond donors (Lipinski definition) is 0. The van der Waals surface area contributed by atoms with E-state index in [1.807, 2.05) is 42.5 Å². The molecule has 4 heteroatoms. The lowest BCUT2D eigenvalue weighted by Gasteiger charge is -2.22. The van der Waals surface area contributed by atoms with Gasteiger partial charge < -0.3 is 9.47 Å². The van der Waals surface area contributed by atoms with Gasteiger partial charge in [-0.3, -0.25) is 4.79 Å². The molecule has 1 atom stereocenters. The zero-order valence-electron chi connectivity index (χ0n) is 14.1. The van der Waals surface area contributed by atoms with Crippen LogP contribution in [0.5, 0.6) is 5.75 Å². The van der Waals surface area contributed by atoms with Crippen LogP contribution in [0.3, 0.4) is 0 Å². The van der Waals surface area contributed by atoms with Crippen LogP contribution in [-0.4, -0.2) is 25.1 Å². The number of rotatable bonds is 5. The quantitative estimate of drug-likeness (QED) is 0.547. The van der Waals surface area contributed by atoms with Crippen LogP contribution in [0, 0.1) is 0 Å². The number of carbonyl (C=O) groups is 1. The molecule has 0 N–H and O–H groups in total. The summed E-state index contributed by atoms with van der Waals surface area (Å²) in [5.41, 5.74) is 2.23. The van der Waals surface area contributed by atoms with Gasteiger partial charge in [0.25, 0.3) is 0 Å². The first-order valence-electron chi connectivity index (χ1n) is 8.04. The summed E-state index contributed by atoms with van der Waals surface area (Å²) >= 11 is 3.45. The Labute approximate surface area is 151 Å². The second-order valence-corrected chi connectivity index (χ2v) is 7.95. The average molecular weight is 389 g/mol. The third-order valence-corrected chi connectivity index (χ3v) is 4.49. The van der Waals surface area contributed by atoms with Gasteiger partial charge in [0, 0.05) is 10.0 Å². The predicted molar refractivity (Wildman–Crippen MR) is 98.0 cm³/mol. The lowest BCUT2D eigenvalue weighted by atomic mass is 9.82.